The Balaban J connectivity index is 2.63. The summed E-state index contributed by atoms with van der Waals surface area (Å²) in [4.78, 5) is 0.242. The van der Waals surface area contributed by atoms with Gasteiger partial charge >= 0.3 is 0 Å². The van der Waals surface area contributed by atoms with Crippen LogP contribution in [0.25, 0.3) is 0 Å². The molecule has 1 fully saturated rings. The largest absolute Gasteiger partial charge is 0.265 e. The lowest BCUT2D eigenvalue weighted by Gasteiger charge is -2.03. The molecule has 0 spiro atoms. The fourth-order valence-electron chi connectivity index (χ4n) is 1.96. The number of aromatic nitrogens is 2. The Hall–Kier alpha value is -0.550. The highest BCUT2D eigenvalue weighted by Gasteiger charge is 2.32. The van der Waals surface area contributed by atoms with E-state index in [0.717, 1.165) is 18.5 Å². The van der Waals surface area contributed by atoms with Crippen molar-refractivity contribution in [3.05, 3.63) is 11.4 Å². The molecule has 1 aliphatic rings. The van der Waals surface area contributed by atoms with E-state index in [1.807, 2.05) is 18.5 Å². The summed E-state index contributed by atoms with van der Waals surface area (Å²) >= 11 is 0. The smallest absolute Gasteiger partial charge is 0.264 e. The molecule has 2 rings (SSSR count). The summed E-state index contributed by atoms with van der Waals surface area (Å²) in [6, 6.07) is 0.382. The average molecular weight is 263 g/mol. The Bertz CT molecular complexity index is 503. The van der Waals surface area contributed by atoms with Gasteiger partial charge in [0.15, 0.2) is 0 Å². The zero-order valence-electron chi connectivity index (χ0n) is 9.40. The Morgan fingerprint density at radius 3 is 2.38 bits per heavy atom. The van der Waals surface area contributed by atoms with E-state index in [2.05, 4.69) is 5.10 Å². The van der Waals surface area contributed by atoms with Crippen molar-refractivity contribution in [2.45, 2.75) is 50.5 Å². The molecular weight excluding hydrogens is 248 g/mol. The van der Waals surface area contributed by atoms with Crippen LogP contribution in [-0.4, -0.2) is 18.2 Å². The van der Waals surface area contributed by atoms with E-state index in [-0.39, 0.29) is 4.90 Å². The number of aryl methyl sites for hydroxylation is 1. The van der Waals surface area contributed by atoms with E-state index < -0.39 is 9.05 Å². The summed E-state index contributed by atoms with van der Waals surface area (Å²) in [6.45, 7) is 3.82. The third-order valence-electron chi connectivity index (χ3n) is 2.84. The standard InChI is InChI=1S/C10H15ClN2O2S/c1-3-8-10(16(11,14)15)9(4-2)13(12-8)7-5-6-7/h7H,3-6H2,1-2H3. The highest BCUT2D eigenvalue weighted by Crippen LogP contribution is 2.38. The van der Waals surface area contributed by atoms with Gasteiger partial charge in [0.05, 0.1) is 17.4 Å². The Kier molecular flexibility index (Phi) is 3.01. The lowest BCUT2D eigenvalue weighted by atomic mass is 10.2. The summed E-state index contributed by atoms with van der Waals surface area (Å²) in [6.07, 6.45) is 3.40. The highest BCUT2D eigenvalue weighted by molar-refractivity contribution is 8.13. The summed E-state index contributed by atoms with van der Waals surface area (Å²) < 4.78 is 25.0. The van der Waals surface area contributed by atoms with Crippen LogP contribution >= 0.6 is 10.7 Å². The van der Waals surface area contributed by atoms with Gasteiger partial charge in [-0.15, -0.1) is 0 Å². The minimum absolute atomic E-state index is 0.242. The van der Waals surface area contributed by atoms with Crippen LogP contribution in [-0.2, 0) is 21.9 Å². The predicted octanol–water partition coefficient (Wildman–Crippen LogP) is 2.27. The minimum Gasteiger partial charge on any atom is -0.265 e. The number of halogens is 1. The van der Waals surface area contributed by atoms with Gasteiger partial charge in [-0.05, 0) is 25.7 Å². The Morgan fingerprint density at radius 1 is 1.38 bits per heavy atom. The maximum atomic E-state index is 11.6. The van der Waals surface area contributed by atoms with E-state index >= 15 is 0 Å². The second-order valence-electron chi connectivity index (χ2n) is 4.04. The zero-order valence-corrected chi connectivity index (χ0v) is 11.0. The van der Waals surface area contributed by atoms with Crippen molar-refractivity contribution in [2.24, 2.45) is 0 Å². The topological polar surface area (TPSA) is 52.0 Å². The fraction of sp³-hybridized carbons (Fsp3) is 0.700. The van der Waals surface area contributed by atoms with Gasteiger partial charge in [0.2, 0.25) is 0 Å². The molecule has 0 aliphatic heterocycles. The molecule has 1 heterocycles. The van der Waals surface area contributed by atoms with E-state index in [4.69, 9.17) is 10.7 Å². The molecule has 0 atom stereocenters. The maximum Gasteiger partial charge on any atom is 0.264 e. The van der Waals surface area contributed by atoms with Gasteiger partial charge in [-0.1, -0.05) is 13.8 Å². The lowest BCUT2D eigenvalue weighted by molar-refractivity contribution is 0.594. The van der Waals surface area contributed by atoms with Crippen LogP contribution in [0.15, 0.2) is 4.90 Å². The van der Waals surface area contributed by atoms with Gasteiger partial charge in [0, 0.05) is 10.7 Å². The van der Waals surface area contributed by atoms with Gasteiger partial charge in [-0.2, -0.15) is 5.10 Å². The molecule has 0 bridgehead atoms. The lowest BCUT2D eigenvalue weighted by Crippen LogP contribution is -2.03. The molecule has 1 aliphatic carbocycles. The van der Waals surface area contributed by atoms with Crippen molar-refractivity contribution in [1.82, 2.24) is 9.78 Å². The van der Waals surface area contributed by atoms with Crippen LogP contribution in [0.1, 0.15) is 44.1 Å². The SMILES string of the molecule is CCc1nn(C2CC2)c(CC)c1S(=O)(=O)Cl. The molecular formula is C10H15ClN2O2S. The molecule has 0 N–H and O–H groups in total. The molecule has 0 aromatic carbocycles. The summed E-state index contributed by atoms with van der Waals surface area (Å²) in [7, 11) is 1.80. The Labute approximate surface area is 100 Å². The second kappa shape index (κ2) is 4.04. The first-order chi connectivity index (χ1) is 7.49. The minimum atomic E-state index is -3.68. The van der Waals surface area contributed by atoms with Crippen molar-refractivity contribution >= 4 is 19.7 Å². The molecule has 1 saturated carbocycles. The van der Waals surface area contributed by atoms with Crippen LogP contribution in [0.4, 0.5) is 0 Å². The zero-order chi connectivity index (χ0) is 11.9. The first-order valence-electron chi connectivity index (χ1n) is 5.53. The molecule has 1 aromatic rings. The molecule has 1 aromatic heterocycles. The molecule has 0 unspecified atom stereocenters. The quantitative estimate of drug-likeness (QED) is 0.782. The summed E-state index contributed by atoms with van der Waals surface area (Å²) in [5, 5.41) is 4.38. The van der Waals surface area contributed by atoms with Crippen molar-refractivity contribution in [3.63, 3.8) is 0 Å². The van der Waals surface area contributed by atoms with E-state index in [1.165, 1.54) is 0 Å². The number of nitrogens with zero attached hydrogens (tertiary/aromatic N) is 2. The van der Waals surface area contributed by atoms with Crippen LogP contribution in [0.5, 0.6) is 0 Å². The third kappa shape index (κ3) is 1.98. The number of rotatable bonds is 4. The maximum absolute atomic E-state index is 11.6. The summed E-state index contributed by atoms with van der Waals surface area (Å²) in [5.41, 5.74) is 1.35. The van der Waals surface area contributed by atoms with E-state index in [0.29, 0.717) is 24.6 Å². The van der Waals surface area contributed by atoms with Crippen LogP contribution < -0.4 is 0 Å². The average Bonchev–Trinajstić information content (AvgIpc) is 2.96. The highest BCUT2D eigenvalue weighted by atomic mass is 35.7. The molecule has 90 valence electrons. The molecule has 16 heavy (non-hydrogen) atoms. The first-order valence-corrected chi connectivity index (χ1v) is 7.84. The predicted molar refractivity (Wildman–Crippen MR) is 62.3 cm³/mol. The van der Waals surface area contributed by atoms with Crippen molar-refractivity contribution in [3.8, 4) is 0 Å². The monoisotopic (exact) mass is 262 g/mol. The molecule has 0 saturated heterocycles. The van der Waals surface area contributed by atoms with Gasteiger partial charge < -0.3 is 0 Å². The van der Waals surface area contributed by atoms with Gasteiger partial charge in [-0.3, -0.25) is 4.68 Å². The molecule has 0 amide bonds. The molecule has 6 heteroatoms. The fourth-order valence-corrected chi connectivity index (χ4v) is 3.48. The molecule has 4 nitrogen and oxygen atoms in total. The van der Waals surface area contributed by atoms with Gasteiger partial charge in [0.25, 0.3) is 9.05 Å². The second-order valence-corrected chi connectivity index (χ2v) is 6.55. The van der Waals surface area contributed by atoms with Crippen molar-refractivity contribution < 1.29 is 8.42 Å². The third-order valence-corrected chi connectivity index (χ3v) is 4.26. The van der Waals surface area contributed by atoms with E-state index in [9.17, 15) is 8.42 Å². The van der Waals surface area contributed by atoms with Crippen molar-refractivity contribution in [1.29, 1.82) is 0 Å². The normalized spacial score (nSPS) is 16.7. The van der Waals surface area contributed by atoms with E-state index in [1.54, 1.807) is 0 Å². The van der Waals surface area contributed by atoms with Crippen molar-refractivity contribution in [2.75, 3.05) is 0 Å². The number of hydrogen-bond acceptors (Lipinski definition) is 3. The summed E-state index contributed by atoms with van der Waals surface area (Å²) in [5.74, 6) is 0. The van der Waals surface area contributed by atoms with Gasteiger partial charge in [-0.25, -0.2) is 8.42 Å². The number of hydrogen-bond donors (Lipinski definition) is 0. The Morgan fingerprint density at radius 2 is 2.00 bits per heavy atom. The molecule has 0 radical (unpaired) electrons. The van der Waals surface area contributed by atoms with Crippen LogP contribution in [0.3, 0.4) is 0 Å². The van der Waals surface area contributed by atoms with Crippen LogP contribution in [0, 0.1) is 0 Å². The first kappa shape index (κ1) is 11.9. The van der Waals surface area contributed by atoms with Gasteiger partial charge in [0.1, 0.15) is 4.90 Å². The van der Waals surface area contributed by atoms with Crippen LogP contribution in [0.2, 0.25) is 0 Å².